The summed E-state index contributed by atoms with van der Waals surface area (Å²) in [4.78, 5) is 12.6. The number of aliphatic carboxylic acids is 1. The van der Waals surface area contributed by atoms with Crippen LogP contribution in [-0.2, 0) is 11.3 Å². The van der Waals surface area contributed by atoms with Gasteiger partial charge in [-0.3, -0.25) is 9.69 Å². The van der Waals surface area contributed by atoms with Gasteiger partial charge in [0.15, 0.2) is 5.76 Å². The molecule has 6 nitrogen and oxygen atoms in total. The lowest BCUT2D eigenvalue weighted by Crippen LogP contribution is -2.30. The van der Waals surface area contributed by atoms with Crippen LogP contribution >= 0.6 is 12.4 Å². The Kier molecular flexibility index (Phi) is 6.27. The Hall–Kier alpha value is -1.79. The van der Waals surface area contributed by atoms with Crippen LogP contribution in [0, 0.1) is 0 Å². The lowest BCUT2D eigenvalue weighted by molar-refractivity contribution is -0.138. The maximum Gasteiger partial charge on any atom is 0.317 e. The predicted octanol–water partition coefficient (Wildman–Crippen LogP) is 2.65. The van der Waals surface area contributed by atoms with Crippen LogP contribution in [0.4, 0.5) is 0 Å². The predicted molar refractivity (Wildman–Crippen MR) is 74.7 cm³/mol. The minimum absolute atomic E-state index is 0. The van der Waals surface area contributed by atoms with Gasteiger partial charge >= 0.3 is 5.97 Å². The van der Waals surface area contributed by atoms with Crippen molar-refractivity contribution in [2.24, 2.45) is 0 Å². The highest BCUT2D eigenvalue weighted by molar-refractivity contribution is 5.85. The van der Waals surface area contributed by atoms with Gasteiger partial charge in [-0.25, -0.2) is 0 Å². The van der Waals surface area contributed by atoms with Crippen LogP contribution in [0.2, 0.25) is 0 Å². The molecule has 110 valence electrons. The Balaban J connectivity index is 0.00000200. The molecule has 0 atom stereocenters. The Bertz CT molecular complexity index is 524. The first-order valence-corrected chi connectivity index (χ1v) is 6.12. The highest BCUT2D eigenvalue weighted by atomic mass is 35.5. The van der Waals surface area contributed by atoms with Crippen LogP contribution in [0.3, 0.4) is 0 Å². The van der Waals surface area contributed by atoms with E-state index in [4.69, 9.17) is 14.0 Å². The van der Waals surface area contributed by atoms with Crippen molar-refractivity contribution in [2.45, 2.75) is 19.9 Å². The molecule has 2 aromatic rings. The molecule has 0 spiro atoms. The van der Waals surface area contributed by atoms with Crippen molar-refractivity contribution in [1.29, 1.82) is 0 Å². The molecule has 0 amide bonds. The third-order valence-corrected chi connectivity index (χ3v) is 2.61. The normalized spacial score (nSPS) is 10.5. The molecule has 0 bridgehead atoms. The van der Waals surface area contributed by atoms with E-state index in [9.17, 15) is 4.79 Å². The average Bonchev–Trinajstić information content (AvgIpc) is 2.97. The van der Waals surface area contributed by atoms with E-state index in [-0.39, 0.29) is 19.0 Å². The van der Waals surface area contributed by atoms with Crippen molar-refractivity contribution < 1.29 is 18.8 Å². The number of furan rings is 1. The van der Waals surface area contributed by atoms with E-state index in [1.165, 1.54) is 0 Å². The second-order valence-corrected chi connectivity index (χ2v) is 4.26. The van der Waals surface area contributed by atoms with Gasteiger partial charge in [-0.2, -0.15) is 0 Å². The number of nitrogens with zero attached hydrogens (tertiary/aromatic N) is 2. The average molecular weight is 301 g/mol. The Morgan fingerprint density at radius 3 is 2.85 bits per heavy atom. The van der Waals surface area contributed by atoms with Gasteiger partial charge in [-0.1, -0.05) is 12.1 Å². The first kappa shape index (κ1) is 16.3. The number of hydrogen-bond acceptors (Lipinski definition) is 5. The Morgan fingerprint density at radius 2 is 2.25 bits per heavy atom. The van der Waals surface area contributed by atoms with E-state index in [0.717, 1.165) is 6.42 Å². The highest BCUT2D eigenvalue weighted by Gasteiger charge is 2.14. The molecular weight excluding hydrogens is 284 g/mol. The zero-order valence-corrected chi connectivity index (χ0v) is 11.9. The zero-order valence-electron chi connectivity index (χ0n) is 11.1. The minimum atomic E-state index is -0.844. The van der Waals surface area contributed by atoms with Crippen LogP contribution in [0.5, 0.6) is 0 Å². The molecule has 0 aromatic carbocycles. The van der Waals surface area contributed by atoms with Crippen LogP contribution in [0.1, 0.15) is 19.0 Å². The van der Waals surface area contributed by atoms with Gasteiger partial charge in [0.2, 0.25) is 5.76 Å². The molecular formula is C13H17ClN2O4. The second kappa shape index (κ2) is 7.72. The number of hydrogen-bond donors (Lipinski definition) is 1. The smallest absolute Gasteiger partial charge is 0.317 e. The molecule has 7 heteroatoms. The number of carboxylic acids is 1. The van der Waals surface area contributed by atoms with Gasteiger partial charge in [0.1, 0.15) is 0 Å². The number of rotatable bonds is 7. The Labute approximate surface area is 122 Å². The first-order chi connectivity index (χ1) is 9.19. The first-order valence-electron chi connectivity index (χ1n) is 6.12. The van der Waals surface area contributed by atoms with E-state index in [2.05, 4.69) is 5.16 Å². The summed E-state index contributed by atoms with van der Waals surface area (Å²) < 4.78 is 10.4. The maximum atomic E-state index is 10.8. The van der Waals surface area contributed by atoms with Crippen molar-refractivity contribution in [3.05, 3.63) is 30.2 Å². The van der Waals surface area contributed by atoms with Crippen LogP contribution in [-0.4, -0.2) is 34.2 Å². The third kappa shape index (κ3) is 4.40. The monoisotopic (exact) mass is 300 g/mol. The topological polar surface area (TPSA) is 79.7 Å². The lowest BCUT2D eigenvalue weighted by atomic mass is 10.3. The number of carboxylic acid groups (broad SMARTS) is 1. The van der Waals surface area contributed by atoms with Gasteiger partial charge < -0.3 is 14.0 Å². The molecule has 0 aliphatic carbocycles. The molecule has 0 aliphatic rings. The van der Waals surface area contributed by atoms with Crippen molar-refractivity contribution in [3.8, 4) is 11.5 Å². The number of halogens is 1. The molecule has 0 saturated heterocycles. The number of carbonyl (C=O) groups is 1. The van der Waals surface area contributed by atoms with E-state index in [1.54, 1.807) is 24.5 Å². The summed E-state index contributed by atoms with van der Waals surface area (Å²) in [6.07, 6.45) is 2.45. The van der Waals surface area contributed by atoms with Gasteiger partial charge in [-0.05, 0) is 25.1 Å². The fraction of sp³-hybridized carbons (Fsp3) is 0.385. The summed E-state index contributed by atoms with van der Waals surface area (Å²) in [5.41, 5.74) is 0.695. The summed E-state index contributed by atoms with van der Waals surface area (Å²) in [7, 11) is 0. The SMILES string of the molecule is CCCN(CC(=O)O)Cc1cc(-c2ccco2)on1.Cl. The van der Waals surface area contributed by atoms with Gasteiger partial charge in [-0.15, -0.1) is 12.4 Å². The van der Waals surface area contributed by atoms with E-state index in [1.807, 2.05) is 11.8 Å². The third-order valence-electron chi connectivity index (χ3n) is 2.61. The minimum Gasteiger partial charge on any atom is -0.480 e. The molecule has 2 heterocycles. The molecule has 20 heavy (non-hydrogen) atoms. The maximum absolute atomic E-state index is 10.8. The molecule has 0 unspecified atom stereocenters. The van der Waals surface area contributed by atoms with Gasteiger partial charge in [0, 0.05) is 12.6 Å². The molecule has 0 radical (unpaired) electrons. The van der Waals surface area contributed by atoms with Crippen molar-refractivity contribution in [3.63, 3.8) is 0 Å². The van der Waals surface area contributed by atoms with Crippen LogP contribution < -0.4 is 0 Å². The molecule has 1 N–H and O–H groups in total. The molecule has 0 aliphatic heterocycles. The molecule has 0 fully saturated rings. The van der Waals surface area contributed by atoms with Gasteiger partial charge in [0.25, 0.3) is 0 Å². The van der Waals surface area contributed by atoms with Crippen molar-refractivity contribution in [1.82, 2.24) is 10.1 Å². The van der Waals surface area contributed by atoms with Crippen LogP contribution in [0.15, 0.2) is 33.4 Å². The molecule has 2 aromatic heterocycles. The fourth-order valence-electron chi connectivity index (χ4n) is 1.87. The molecule has 0 saturated carbocycles. The highest BCUT2D eigenvalue weighted by Crippen LogP contribution is 2.21. The summed E-state index contributed by atoms with van der Waals surface area (Å²) in [6.45, 7) is 3.16. The Morgan fingerprint density at radius 1 is 1.45 bits per heavy atom. The largest absolute Gasteiger partial charge is 0.480 e. The van der Waals surface area contributed by atoms with Crippen molar-refractivity contribution in [2.75, 3.05) is 13.1 Å². The molecule has 2 rings (SSSR count). The zero-order chi connectivity index (χ0) is 13.7. The lowest BCUT2D eigenvalue weighted by Gasteiger charge is -2.17. The van der Waals surface area contributed by atoms with E-state index < -0.39 is 5.97 Å². The summed E-state index contributed by atoms with van der Waals surface area (Å²) >= 11 is 0. The fourth-order valence-corrected chi connectivity index (χ4v) is 1.87. The van der Waals surface area contributed by atoms with Crippen molar-refractivity contribution >= 4 is 18.4 Å². The second-order valence-electron chi connectivity index (χ2n) is 4.26. The standard InChI is InChI=1S/C13H16N2O4.ClH/c1-2-5-15(9-13(16)17)8-10-7-12(19-14-10)11-4-3-6-18-11;/h3-4,6-7H,2,5,8-9H2,1H3,(H,16,17);1H. The number of aromatic nitrogens is 1. The quantitative estimate of drug-likeness (QED) is 0.847. The summed E-state index contributed by atoms with van der Waals surface area (Å²) in [5, 5.41) is 12.8. The van der Waals surface area contributed by atoms with E-state index in [0.29, 0.717) is 30.3 Å². The summed E-state index contributed by atoms with van der Waals surface area (Å²) in [5.74, 6) is 0.314. The van der Waals surface area contributed by atoms with E-state index >= 15 is 0 Å². The van der Waals surface area contributed by atoms with Crippen LogP contribution in [0.25, 0.3) is 11.5 Å². The van der Waals surface area contributed by atoms with Gasteiger partial charge in [0.05, 0.1) is 18.5 Å². The summed E-state index contributed by atoms with van der Waals surface area (Å²) in [6, 6.07) is 5.32.